The molecule has 2 heterocycles. The van der Waals surface area contributed by atoms with Crippen LogP contribution in [0.3, 0.4) is 0 Å². The third-order valence-corrected chi connectivity index (χ3v) is 2.57. The molecule has 6 heteroatoms. The van der Waals surface area contributed by atoms with Gasteiger partial charge in [-0.15, -0.1) is 0 Å². The van der Waals surface area contributed by atoms with Gasteiger partial charge in [0.1, 0.15) is 17.4 Å². The van der Waals surface area contributed by atoms with E-state index in [1.165, 1.54) is 6.92 Å². The molecule has 0 aliphatic rings. The Kier molecular flexibility index (Phi) is 3.01. The fourth-order valence-electron chi connectivity index (χ4n) is 1.53. The second-order valence-corrected chi connectivity index (χ2v) is 4.13. The van der Waals surface area contributed by atoms with E-state index in [9.17, 15) is 9.59 Å². The monoisotopic (exact) mass is 247 g/mol. The third kappa shape index (κ3) is 2.32. The molecule has 0 unspecified atom stereocenters. The van der Waals surface area contributed by atoms with Crippen LogP contribution in [0.25, 0.3) is 5.65 Å². The Hall–Kier alpha value is -2.37. The SMILES string of the molecule is Cc1ccn2cc(C(=O)N[C@H](C)C(=O)O)nc2c1. The molecule has 0 fully saturated rings. The Balaban J connectivity index is 2.26. The summed E-state index contributed by atoms with van der Waals surface area (Å²) in [4.78, 5) is 26.6. The highest BCUT2D eigenvalue weighted by atomic mass is 16.4. The number of aromatic nitrogens is 2. The molecule has 94 valence electrons. The highest BCUT2D eigenvalue weighted by Gasteiger charge is 2.17. The zero-order valence-electron chi connectivity index (χ0n) is 10.0. The standard InChI is InChI=1S/C12H13N3O3/c1-7-3-4-15-6-9(14-10(15)5-7)11(16)13-8(2)12(17)18/h3-6,8H,1-2H3,(H,13,16)(H,17,18)/t8-/m1/s1. The van der Waals surface area contributed by atoms with E-state index in [0.29, 0.717) is 5.65 Å². The lowest BCUT2D eigenvalue weighted by molar-refractivity contribution is -0.138. The fraction of sp³-hybridized carbons (Fsp3) is 0.250. The van der Waals surface area contributed by atoms with Crippen LogP contribution in [-0.2, 0) is 4.79 Å². The van der Waals surface area contributed by atoms with Gasteiger partial charge in [0, 0.05) is 12.4 Å². The molecule has 1 amide bonds. The molecule has 0 radical (unpaired) electrons. The Morgan fingerprint density at radius 2 is 2.22 bits per heavy atom. The largest absolute Gasteiger partial charge is 0.480 e. The van der Waals surface area contributed by atoms with E-state index < -0.39 is 17.9 Å². The Bertz CT molecular complexity index is 618. The van der Waals surface area contributed by atoms with Crippen molar-refractivity contribution < 1.29 is 14.7 Å². The smallest absolute Gasteiger partial charge is 0.325 e. The molecule has 0 saturated heterocycles. The van der Waals surface area contributed by atoms with E-state index in [-0.39, 0.29) is 5.69 Å². The number of fused-ring (bicyclic) bond motifs is 1. The van der Waals surface area contributed by atoms with Crippen molar-refractivity contribution in [2.24, 2.45) is 0 Å². The first-order chi connectivity index (χ1) is 8.47. The van der Waals surface area contributed by atoms with Crippen molar-refractivity contribution in [3.8, 4) is 0 Å². The first kappa shape index (κ1) is 12.1. The summed E-state index contributed by atoms with van der Waals surface area (Å²) < 4.78 is 1.72. The van der Waals surface area contributed by atoms with E-state index >= 15 is 0 Å². The zero-order chi connectivity index (χ0) is 13.3. The number of amides is 1. The summed E-state index contributed by atoms with van der Waals surface area (Å²) in [6.45, 7) is 3.33. The number of hydrogen-bond acceptors (Lipinski definition) is 3. The van der Waals surface area contributed by atoms with Crippen LogP contribution in [-0.4, -0.2) is 32.4 Å². The summed E-state index contributed by atoms with van der Waals surface area (Å²) in [7, 11) is 0. The van der Waals surface area contributed by atoms with Crippen molar-refractivity contribution >= 4 is 17.5 Å². The lowest BCUT2D eigenvalue weighted by Crippen LogP contribution is -2.38. The third-order valence-electron chi connectivity index (χ3n) is 2.57. The van der Waals surface area contributed by atoms with Gasteiger partial charge in [-0.25, -0.2) is 4.98 Å². The van der Waals surface area contributed by atoms with Crippen LogP contribution >= 0.6 is 0 Å². The average molecular weight is 247 g/mol. The molecule has 0 aliphatic carbocycles. The van der Waals surface area contributed by atoms with Crippen molar-refractivity contribution in [1.29, 1.82) is 0 Å². The van der Waals surface area contributed by atoms with E-state index in [1.54, 1.807) is 16.8 Å². The summed E-state index contributed by atoms with van der Waals surface area (Å²) in [5.74, 6) is -1.57. The fourth-order valence-corrected chi connectivity index (χ4v) is 1.53. The number of nitrogens with zero attached hydrogens (tertiary/aromatic N) is 2. The normalized spacial score (nSPS) is 12.3. The number of nitrogens with one attached hydrogen (secondary N) is 1. The van der Waals surface area contributed by atoms with Gasteiger partial charge < -0.3 is 14.8 Å². The summed E-state index contributed by atoms with van der Waals surface area (Å²) in [5.41, 5.74) is 1.90. The molecule has 0 bridgehead atoms. The van der Waals surface area contributed by atoms with Gasteiger partial charge in [0.2, 0.25) is 0 Å². The Labute approximate surface area is 103 Å². The van der Waals surface area contributed by atoms with E-state index in [4.69, 9.17) is 5.11 Å². The molecule has 6 nitrogen and oxygen atoms in total. The van der Waals surface area contributed by atoms with Gasteiger partial charge in [-0.2, -0.15) is 0 Å². The molecule has 1 atom stereocenters. The number of pyridine rings is 1. The second-order valence-electron chi connectivity index (χ2n) is 4.13. The predicted octanol–water partition coefficient (Wildman–Crippen LogP) is 0.846. The zero-order valence-corrected chi connectivity index (χ0v) is 10.0. The quantitative estimate of drug-likeness (QED) is 0.842. The molecule has 18 heavy (non-hydrogen) atoms. The minimum atomic E-state index is -1.08. The van der Waals surface area contributed by atoms with Crippen LogP contribution in [0.2, 0.25) is 0 Å². The van der Waals surface area contributed by atoms with Crippen molar-refractivity contribution in [2.45, 2.75) is 19.9 Å². The summed E-state index contributed by atoms with van der Waals surface area (Å²) in [5, 5.41) is 11.1. The first-order valence-electron chi connectivity index (χ1n) is 5.46. The number of aryl methyl sites for hydroxylation is 1. The van der Waals surface area contributed by atoms with Gasteiger partial charge in [-0.1, -0.05) is 0 Å². The molecular formula is C12H13N3O3. The summed E-state index contributed by atoms with van der Waals surface area (Å²) in [6, 6.07) is 2.80. The van der Waals surface area contributed by atoms with Crippen LogP contribution in [0.1, 0.15) is 23.0 Å². The highest BCUT2D eigenvalue weighted by molar-refractivity contribution is 5.95. The van der Waals surface area contributed by atoms with Crippen LogP contribution < -0.4 is 5.32 Å². The van der Waals surface area contributed by atoms with E-state index in [2.05, 4.69) is 10.3 Å². The maximum atomic E-state index is 11.8. The first-order valence-corrected chi connectivity index (χ1v) is 5.46. The van der Waals surface area contributed by atoms with Gasteiger partial charge in [-0.3, -0.25) is 9.59 Å². The van der Waals surface area contributed by atoms with Crippen LogP contribution in [0.15, 0.2) is 24.5 Å². The average Bonchev–Trinajstić information content (AvgIpc) is 2.71. The van der Waals surface area contributed by atoms with Crippen molar-refractivity contribution in [1.82, 2.24) is 14.7 Å². The number of carboxylic acids is 1. The van der Waals surface area contributed by atoms with Crippen molar-refractivity contribution in [3.63, 3.8) is 0 Å². The maximum absolute atomic E-state index is 11.8. The molecule has 2 aromatic heterocycles. The Morgan fingerprint density at radius 1 is 1.50 bits per heavy atom. The topological polar surface area (TPSA) is 83.7 Å². The molecule has 2 rings (SSSR count). The van der Waals surface area contributed by atoms with E-state index in [0.717, 1.165) is 5.56 Å². The number of carbonyl (C=O) groups is 2. The number of carbonyl (C=O) groups excluding carboxylic acids is 1. The second kappa shape index (κ2) is 4.48. The molecule has 0 aliphatic heterocycles. The van der Waals surface area contributed by atoms with Crippen molar-refractivity contribution in [2.75, 3.05) is 0 Å². The lowest BCUT2D eigenvalue weighted by atomic mass is 10.3. The molecule has 0 saturated carbocycles. The molecule has 2 aromatic rings. The van der Waals surface area contributed by atoms with Crippen LogP contribution in [0, 0.1) is 6.92 Å². The molecule has 0 spiro atoms. The molecular weight excluding hydrogens is 234 g/mol. The van der Waals surface area contributed by atoms with Crippen LogP contribution in [0.4, 0.5) is 0 Å². The van der Waals surface area contributed by atoms with E-state index in [1.807, 2.05) is 19.1 Å². The van der Waals surface area contributed by atoms with Crippen LogP contribution in [0.5, 0.6) is 0 Å². The number of hydrogen-bond donors (Lipinski definition) is 2. The van der Waals surface area contributed by atoms with Gasteiger partial charge in [0.25, 0.3) is 5.91 Å². The minimum Gasteiger partial charge on any atom is -0.480 e. The Morgan fingerprint density at radius 3 is 2.89 bits per heavy atom. The van der Waals surface area contributed by atoms with Gasteiger partial charge in [-0.05, 0) is 31.5 Å². The van der Waals surface area contributed by atoms with Crippen molar-refractivity contribution in [3.05, 3.63) is 35.8 Å². The van der Waals surface area contributed by atoms with Gasteiger partial charge >= 0.3 is 5.97 Å². The molecule has 0 aromatic carbocycles. The maximum Gasteiger partial charge on any atom is 0.325 e. The minimum absolute atomic E-state index is 0.203. The highest BCUT2D eigenvalue weighted by Crippen LogP contribution is 2.07. The molecule has 2 N–H and O–H groups in total. The van der Waals surface area contributed by atoms with Gasteiger partial charge in [0.05, 0.1) is 0 Å². The summed E-state index contributed by atoms with van der Waals surface area (Å²) >= 11 is 0. The lowest BCUT2D eigenvalue weighted by Gasteiger charge is -2.06. The number of aliphatic carboxylic acids is 1. The number of carboxylic acid groups (broad SMARTS) is 1. The summed E-state index contributed by atoms with van der Waals surface area (Å²) in [6.07, 6.45) is 3.37. The van der Waals surface area contributed by atoms with Gasteiger partial charge in [0.15, 0.2) is 0 Å². The number of rotatable bonds is 3. The number of imidazole rings is 1. The predicted molar refractivity (Wildman–Crippen MR) is 64.5 cm³/mol.